The van der Waals surface area contributed by atoms with Crippen LogP contribution in [0.3, 0.4) is 0 Å². The molecule has 1 N–H and O–H groups in total. The predicted molar refractivity (Wildman–Crippen MR) is 110 cm³/mol. The summed E-state index contributed by atoms with van der Waals surface area (Å²) in [6, 6.07) is 13.7. The number of nitrogens with one attached hydrogen (secondary N) is 1. The number of nitrogens with zero attached hydrogens (tertiary/aromatic N) is 3. The number of fused-ring (bicyclic) bond motifs is 1. The molecule has 0 radical (unpaired) electrons. The first-order valence-electron chi connectivity index (χ1n) is 9.46. The normalized spacial score (nSPS) is 14.4. The zero-order valence-corrected chi connectivity index (χ0v) is 15.7. The van der Waals surface area contributed by atoms with Crippen molar-refractivity contribution in [2.45, 2.75) is 19.3 Å². The molecule has 0 bridgehead atoms. The van der Waals surface area contributed by atoms with Gasteiger partial charge in [-0.3, -0.25) is 14.9 Å². The van der Waals surface area contributed by atoms with E-state index in [1.54, 1.807) is 6.21 Å². The number of rotatable bonds is 5. The van der Waals surface area contributed by atoms with Crippen LogP contribution in [0.25, 0.3) is 11.0 Å². The second kappa shape index (κ2) is 8.14. The van der Waals surface area contributed by atoms with Crippen molar-refractivity contribution in [3.8, 4) is 0 Å². The Labute approximate surface area is 167 Å². The van der Waals surface area contributed by atoms with Crippen molar-refractivity contribution in [3.05, 3.63) is 70.0 Å². The van der Waals surface area contributed by atoms with Gasteiger partial charge >= 0.3 is 5.91 Å². The summed E-state index contributed by atoms with van der Waals surface area (Å²) in [6.45, 7) is 2.17. The number of piperidine rings is 1. The number of furan rings is 1. The molecule has 29 heavy (non-hydrogen) atoms. The quantitative estimate of drug-likeness (QED) is 0.400. The SMILES string of the molecule is O=C(N/N=C/c1ccc(N2CCCCC2)cc1)c1cc2cc([N+](=O)[O-])ccc2o1. The van der Waals surface area contributed by atoms with Crippen LogP contribution in [0.1, 0.15) is 35.4 Å². The fraction of sp³-hybridized carbons (Fsp3) is 0.238. The molecule has 1 amide bonds. The minimum absolute atomic E-state index is 0.0399. The number of non-ortho nitro benzene ring substituents is 1. The average Bonchev–Trinajstić information content (AvgIpc) is 3.18. The van der Waals surface area contributed by atoms with Crippen LogP contribution < -0.4 is 10.3 Å². The lowest BCUT2D eigenvalue weighted by Gasteiger charge is -2.28. The van der Waals surface area contributed by atoms with Gasteiger partial charge in [0.05, 0.1) is 11.1 Å². The average molecular weight is 392 g/mol. The van der Waals surface area contributed by atoms with Gasteiger partial charge in [0.15, 0.2) is 5.76 Å². The van der Waals surface area contributed by atoms with E-state index in [9.17, 15) is 14.9 Å². The number of benzene rings is 2. The summed E-state index contributed by atoms with van der Waals surface area (Å²) < 4.78 is 5.44. The van der Waals surface area contributed by atoms with Gasteiger partial charge in [0, 0.05) is 36.3 Å². The van der Waals surface area contributed by atoms with Crippen LogP contribution in [0.4, 0.5) is 11.4 Å². The van der Waals surface area contributed by atoms with Gasteiger partial charge in [0.1, 0.15) is 5.58 Å². The van der Waals surface area contributed by atoms with E-state index >= 15 is 0 Å². The van der Waals surface area contributed by atoms with Crippen LogP contribution in [0.5, 0.6) is 0 Å². The largest absolute Gasteiger partial charge is 0.451 e. The zero-order valence-electron chi connectivity index (χ0n) is 15.7. The van der Waals surface area contributed by atoms with E-state index in [4.69, 9.17) is 4.42 Å². The molecule has 1 aliphatic rings. The van der Waals surface area contributed by atoms with E-state index in [1.807, 2.05) is 12.1 Å². The molecule has 0 atom stereocenters. The van der Waals surface area contributed by atoms with Gasteiger partial charge in [0.2, 0.25) is 0 Å². The fourth-order valence-corrected chi connectivity index (χ4v) is 3.40. The molecule has 1 saturated heterocycles. The molecule has 2 heterocycles. The number of hydrogen-bond acceptors (Lipinski definition) is 6. The highest BCUT2D eigenvalue weighted by atomic mass is 16.6. The highest BCUT2D eigenvalue weighted by Crippen LogP contribution is 2.24. The molecule has 1 aromatic heterocycles. The van der Waals surface area contributed by atoms with E-state index in [2.05, 4.69) is 27.6 Å². The molecule has 8 heteroatoms. The Kier molecular flexibility index (Phi) is 5.24. The summed E-state index contributed by atoms with van der Waals surface area (Å²) in [6.07, 6.45) is 5.31. The van der Waals surface area contributed by atoms with Crippen LogP contribution in [-0.2, 0) is 0 Å². The molecule has 8 nitrogen and oxygen atoms in total. The van der Waals surface area contributed by atoms with Crippen molar-refractivity contribution in [1.29, 1.82) is 0 Å². The van der Waals surface area contributed by atoms with E-state index < -0.39 is 10.8 Å². The summed E-state index contributed by atoms with van der Waals surface area (Å²) in [5.74, 6) is -0.483. The number of amides is 1. The lowest BCUT2D eigenvalue weighted by Crippen LogP contribution is -2.29. The Morgan fingerprint density at radius 1 is 1.10 bits per heavy atom. The first kappa shape index (κ1) is 18.7. The van der Waals surface area contributed by atoms with Gasteiger partial charge in [-0.25, -0.2) is 5.43 Å². The molecule has 4 rings (SSSR count). The fourth-order valence-electron chi connectivity index (χ4n) is 3.40. The van der Waals surface area contributed by atoms with E-state index in [0.29, 0.717) is 11.0 Å². The second-order valence-electron chi connectivity index (χ2n) is 6.93. The summed E-state index contributed by atoms with van der Waals surface area (Å²) >= 11 is 0. The van der Waals surface area contributed by atoms with E-state index in [-0.39, 0.29) is 11.4 Å². The number of nitro groups is 1. The zero-order chi connectivity index (χ0) is 20.2. The molecule has 2 aromatic carbocycles. The number of hydrazone groups is 1. The highest BCUT2D eigenvalue weighted by Gasteiger charge is 2.14. The third-order valence-electron chi connectivity index (χ3n) is 4.93. The Balaban J connectivity index is 1.39. The van der Waals surface area contributed by atoms with Gasteiger partial charge < -0.3 is 9.32 Å². The lowest BCUT2D eigenvalue weighted by atomic mass is 10.1. The summed E-state index contributed by atoms with van der Waals surface area (Å²) in [7, 11) is 0. The summed E-state index contributed by atoms with van der Waals surface area (Å²) in [5.41, 5.74) is 4.82. The van der Waals surface area contributed by atoms with Crippen molar-refractivity contribution in [2.24, 2.45) is 5.10 Å². The minimum Gasteiger partial charge on any atom is -0.451 e. The molecular weight excluding hydrogens is 372 g/mol. The topological polar surface area (TPSA) is 101 Å². The van der Waals surface area contributed by atoms with Crippen molar-refractivity contribution in [3.63, 3.8) is 0 Å². The highest BCUT2D eigenvalue weighted by molar-refractivity contribution is 5.97. The monoisotopic (exact) mass is 392 g/mol. The van der Waals surface area contributed by atoms with Crippen molar-refractivity contribution >= 4 is 34.5 Å². The van der Waals surface area contributed by atoms with Crippen LogP contribution >= 0.6 is 0 Å². The molecule has 0 spiro atoms. The Morgan fingerprint density at radius 2 is 1.86 bits per heavy atom. The van der Waals surface area contributed by atoms with Crippen LogP contribution in [0.15, 0.2) is 58.0 Å². The number of hydrogen-bond donors (Lipinski definition) is 1. The van der Waals surface area contributed by atoms with Crippen molar-refractivity contribution in [2.75, 3.05) is 18.0 Å². The summed E-state index contributed by atoms with van der Waals surface area (Å²) in [4.78, 5) is 25.0. The lowest BCUT2D eigenvalue weighted by molar-refractivity contribution is -0.384. The number of carbonyl (C=O) groups excluding carboxylic acids is 1. The van der Waals surface area contributed by atoms with Gasteiger partial charge in [-0.1, -0.05) is 12.1 Å². The van der Waals surface area contributed by atoms with Crippen LogP contribution in [0.2, 0.25) is 0 Å². The second-order valence-corrected chi connectivity index (χ2v) is 6.93. The van der Waals surface area contributed by atoms with Gasteiger partial charge in [0.25, 0.3) is 5.69 Å². The molecular formula is C21H20N4O4. The number of carbonyl (C=O) groups is 1. The molecule has 1 aliphatic heterocycles. The number of anilines is 1. The van der Waals surface area contributed by atoms with E-state index in [1.165, 1.54) is 49.2 Å². The maximum absolute atomic E-state index is 12.2. The summed E-state index contributed by atoms with van der Waals surface area (Å²) in [5, 5.41) is 15.3. The Hall–Kier alpha value is -3.68. The molecule has 0 saturated carbocycles. The van der Waals surface area contributed by atoms with Crippen molar-refractivity contribution < 1.29 is 14.1 Å². The molecule has 148 valence electrons. The predicted octanol–water partition coefficient (Wildman–Crippen LogP) is 4.10. The minimum atomic E-state index is -0.523. The molecule has 1 fully saturated rings. The van der Waals surface area contributed by atoms with Crippen molar-refractivity contribution in [1.82, 2.24) is 5.43 Å². The van der Waals surface area contributed by atoms with Gasteiger partial charge in [-0.2, -0.15) is 5.10 Å². The van der Waals surface area contributed by atoms with Crippen LogP contribution in [0, 0.1) is 10.1 Å². The molecule has 0 unspecified atom stereocenters. The third-order valence-corrected chi connectivity index (χ3v) is 4.93. The van der Waals surface area contributed by atoms with Gasteiger partial charge in [-0.05, 0) is 49.1 Å². The number of nitro benzene ring substituents is 1. The first-order chi connectivity index (χ1) is 14.1. The van der Waals surface area contributed by atoms with E-state index in [0.717, 1.165) is 18.7 Å². The Bertz CT molecular complexity index is 1070. The maximum Gasteiger partial charge on any atom is 0.307 e. The first-order valence-corrected chi connectivity index (χ1v) is 9.46. The molecule has 0 aliphatic carbocycles. The molecule has 3 aromatic rings. The van der Waals surface area contributed by atoms with Gasteiger partial charge in [-0.15, -0.1) is 0 Å². The van der Waals surface area contributed by atoms with Crippen LogP contribution in [-0.4, -0.2) is 30.1 Å². The smallest absolute Gasteiger partial charge is 0.307 e. The standard InChI is InChI=1S/C21H20N4O4/c26-21(20-13-16-12-18(25(27)28)8-9-19(16)29-20)23-22-14-15-4-6-17(7-5-15)24-10-2-1-3-11-24/h4-9,12-14H,1-3,10-11H2,(H,23,26)/b22-14+. The third kappa shape index (κ3) is 4.26. The Morgan fingerprint density at radius 3 is 2.59 bits per heavy atom. The maximum atomic E-state index is 12.2.